The van der Waals surface area contributed by atoms with Crippen LogP contribution in [0.2, 0.25) is 5.02 Å². The number of rotatable bonds is 6. The van der Waals surface area contributed by atoms with Crippen molar-refractivity contribution in [2.75, 3.05) is 7.11 Å². The maximum absolute atomic E-state index is 12.1. The molecule has 5 heteroatoms. The minimum Gasteiger partial charge on any atom is -0.496 e. The molecule has 4 nitrogen and oxygen atoms in total. The van der Waals surface area contributed by atoms with Gasteiger partial charge in [0, 0.05) is 16.1 Å². The number of halogens is 1. The fraction of sp³-hybridized carbons (Fsp3) is 0.150. The van der Waals surface area contributed by atoms with Gasteiger partial charge < -0.3 is 14.5 Å². The number of hydrogen-bond acceptors (Lipinski definition) is 3. The molecule has 0 atom stereocenters. The maximum atomic E-state index is 12.1. The summed E-state index contributed by atoms with van der Waals surface area (Å²) in [5, 5.41) is 3.54. The number of methoxy groups -OCH3 is 1. The molecule has 1 amide bonds. The summed E-state index contributed by atoms with van der Waals surface area (Å²) in [7, 11) is 1.60. The number of nitrogens with one attached hydrogen (secondary N) is 1. The van der Waals surface area contributed by atoms with Crippen molar-refractivity contribution in [3.05, 3.63) is 77.0 Å². The summed E-state index contributed by atoms with van der Waals surface area (Å²) in [5.74, 6) is 2.05. The second kappa shape index (κ2) is 7.90. The highest BCUT2D eigenvalue weighted by Crippen LogP contribution is 2.24. The van der Waals surface area contributed by atoms with Crippen molar-refractivity contribution in [1.82, 2.24) is 5.32 Å². The molecule has 0 bridgehead atoms. The molecule has 0 spiro atoms. The van der Waals surface area contributed by atoms with Crippen LogP contribution in [0.3, 0.4) is 0 Å². The first-order chi connectivity index (χ1) is 12.2. The Balaban J connectivity index is 1.58. The molecule has 0 aliphatic rings. The van der Waals surface area contributed by atoms with Crippen LogP contribution < -0.4 is 10.1 Å². The van der Waals surface area contributed by atoms with Crippen LogP contribution in [0.25, 0.3) is 11.3 Å². The number of amides is 1. The van der Waals surface area contributed by atoms with E-state index in [9.17, 15) is 4.79 Å². The lowest BCUT2D eigenvalue weighted by molar-refractivity contribution is -0.120. The lowest BCUT2D eigenvalue weighted by Gasteiger charge is -2.08. The van der Waals surface area contributed by atoms with Gasteiger partial charge in [0.05, 0.1) is 20.1 Å². The van der Waals surface area contributed by atoms with Gasteiger partial charge in [0.1, 0.15) is 17.3 Å². The van der Waals surface area contributed by atoms with E-state index in [1.807, 2.05) is 60.7 Å². The second-order valence-corrected chi connectivity index (χ2v) is 5.97. The fourth-order valence-corrected chi connectivity index (χ4v) is 2.64. The van der Waals surface area contributed by atoms with Crippen molar-refractivity contribution in [2.24, 2.45) is 0 Å². The highest BCUT2D eigenvalue weighted by molar-refractivity contribution is 6.30. The summed E-state index contributed by atoms with van der Waals surface area (Å²) < 4.78 is 11.0. The van der Waals surface area contributed by atoms with Gasteiger partial charge in [-0.05, 0) is 42.5 Å². The molecule has 0 unspecified atom stereocenters. The molecule has 0 radical (unpaired) electrons. The summed E-state index contributed by atoms with van der Waals surface area (Å²) in [6.45, 7) is 0.335. The Morgan fingerprint density at radius 3 is 2.60 bits per heavy atom. The standard InChI is InChI=1S/C20H18ClNO3/c1-24-18-5-3-2-4-15(18)12-20(23)22-13-17-10-11-19(25-17)14-6-8-16(21)9-7-14/h2-11H,12-13H2,1H3,(H,22,23). The summed E-state index contributed by atoms with van der Waals surface area (Å²) in [4.78, 5) is 12.1. The second-order valence-electron chi connectivity index (χ2n) is 5.54. The number of carbonyl (C=O) groups excluding carboxylic acids is 1. The number of hydrogen-bond donors (Lipinski definition) is 1. The third kappa shape index (κ3) is 4.43. The molecule has 1 aromatic heterocycles. The molecule has 1 heterocycles. The van der Waals surface area contributed by atoms with E-state index in [1.165, 1.54) is 0 Å². The molecule has 0 saturated carbocycles. The van der Waals surface area contributed by atoms with Crippen LogP contribution >= 0.6 is 11.6 Å². The first kappa shape index (κ1) is 17.1. The van der Waals surface area contributed by atoms with E-state index < -0.39 is 0 Å². The Kier molecular flexibility index (Phi) is 5.41. The van der Waals surface area contributed by atoms with Crippen molar-refractivity contribution >= 4 is 17.5 Å². The van der Waals surface area contributed by atoms with Gasteiger partial charge in [-0.1, -0.05) is 29.8 Å². The summed E-state index contributed by atoms with van der Waals surface area (Å²) >= 11 is 5.89. The van der Waals surface area contributed by atoms with Crippen LogP contribution in [0.4, 0.5) is 0 Å². The molecule has 128 valence electrons. The average molecular weight is 356 g/mol. The Hall–Kier alpha value is -2.72. The van der Waals surface area contributed by atoms with Gasteiger partial charge in [-0.25, -0.2) is 0 Å². The van der Waals surface area contributed by atoms with Crippen LogP contribution in [-0.4, -0.2) is 13.0 Å². The lowest BCUT2D eigenvalue weighted by Crippen LogP contribution is -2.24. The zero-order valence-corrected chi connectivity index (χ0v) is 14.5. The molecule has 0 fully saturated rings. The van der Waals surface area contributed by atoms with Gasteiger partial charge in [0.15, 0.2) is 0 Å². The van der Waals surface area contributed by atoms with Crippen LogP contribution in [-0.2, 0) is 17.8 Å². The Bertz CT molecular complexity index is 855. The number of furan rings is 1. The molecule has 2 aromatic carbocycles. The third-order valence-electron chi connectivity index (χ3n) is 3.79. The molecule has 3 rings (SSSR count). The molecule has 0 aliphatic heterocycles. The lowest BCUT2D eigenvalue weighted by atomic mass is 10.1. The number of benzene rings is 2. The monoisotopic (exact) mass is 355 g/mol. The van der Waals surface area contributed by atoms with Crippen LogP contribution in [0.15, 0.2) is 65.1 Å². The van der Waals surface area contributed by atoms with Crippen molar-refractivity contribution in [2.45, 2.75) is 13.0 Å². The Morgan fingerprint density at radius 2 is 1.84 bits per heavy atom. The molecular weight excluding hydrogens is 338 g/mol. The number of ether oxygens (including phenoxy) is 1. The van der Waals surface area contributed by atoms with Gasteiger partial charge in [0.25, 0.3) is 0 Å². The zero-order valence-electron chi connectivity index (χ0n) is 13.8. The molecule has 0 aliphatic carbocycles. The van der Waals surface area contributed by atoms with Crippen LogP contribution in [0.5, 0.6) is 5.75 Å². The smallest absolute Gasteiger partial charge is 0.224 e. The maximum Gasteiger partial charge on any atom is 0.224 e. The highest BCUT2D eigenvalue weighted by atomic mass is 35.5. The Labute approximate surface area is 151 Å². The number of carbonyl (C=O) groups is 1. The average Bonchev–Trinajstić information content (AvgIpc) is 3.10. The van der Waals surface area contributed by atoms with Gasteiger partial charge in [0.2, 0.25) is 5.91 Å². The minimum absolute atomic E-state index is 0.0889. The van der Waals surface area contributed by atoms with Crippen molar-refractivity contribution in [3.63, 3.8) is 0 Å². The molecule has 1 N–H and O–H groups in total. The minimum atomic E-state index is -0.0889. The topological polar surface area (TPSA) is 51.5 Å². The zero-order chi connectivity index (χ0) is 17.6. The first-order valence-electron chi connectivity index (χ1n) is 7.89. The highest BCUT2D eigenvalue weighted by Gasteiger charge is 2.10. The largest absolute Gasteiger partial charge is 0.496 e. The van der Waals surface area contributed by atoms with Crippen LogP contribution in [0, 0.1) is 0 Å². The normalized spacial score (nSPS) is 10.5. The van der Waals surface area contributed by atoms with E-state index in [1.54, 1.807) is 7.11 Å². The number of para-hydroxylation sites is 1. The Morgan fingerprint density at radius 1 is 1.08 bits per heavy atom. The third-order valence-corrected chi connectivity index (χ3v) is 4.05. The molecular formula is C20H18ClNO3. The van der Waals surface area contributed by atoms with E-state index in [0.717, 1.165) is 16.9 Å². The van der Waals surface area contributed by atoms with E-state index in [4.69, 9.17) is 20.8 Å². The van der Waals surface area contributed by atoms with E-state index in [2.05, 4.69) is 5.32 Å². The fourth-order valence-electron chi connectivity index (χ4n) is 2.51. The molecule has 25 heavy (non-hydrogen) atoms. The van der Waals surface area contributed by atoms with Crippen molar-refractivity contribution in [1.29, 1.82) is 0 Å². The molecule has 0 saturated heterocycles. The predicted octanol–water partition coefficient (Wildman–Crippen LogP) is 4.47. The summed E-state index contributed by atoms with van der Waals surface area (Å²) in [5.41, 5.74) is 1.79. The summed E-state index contributed by atoms with van der Waals surface area (Å²) in [6.07, 6.45) is 0.259. The van der Waals surface area contributed by atoms with Gasteiger partial charge in [-0.2, -0.15) is 0 Å². The molecule has 3 aromatic rings. The quantitative estimate of drug-likeness (QED) is 0.709. The van der Waals surface area contributed by atoms with Crippen molar-refractivity contribution in [3.8, 4) is 17.1 Å². The van der Waals surface area contributed by atoms with E-state index >= 15 is 0 Å². The SMILES string of the molecule is COc1ccccc1CC(=O)NCc1ccc(-c2ccc(Cl)cc2)o1. The predicted molar refractivity (Wildman–Crippen MR) is 97.7 cm³/mol. The van der Waals surface area contributed by atoms with E-state index in [0.29, 0.717) is 23.1 Å². The van der Waals surface area contributed by atoms with Crippen molar-refractivity contribution < 1.29 is 13.9 Å². The first-order valence-corrected chi connectivity index (χ1v) is 8.27. The van der Waals surface area contributed by atoms with Gasteiger partial charge in [-0.15, -0.1) is 0 Å². The van der Waals surface area contributed by atoms with Gasteiger partial charge in [-0.3, -0.25) is 4.79 Å². The van der Waals surface area contributed by atoms with Crippen LogP contribution in [0.1, 0.15) is 11.3 Å². The van der Waals surface area contributed by atoms with Gasteiger partial charge >= 0.3 is 0 Å². The summed E-state index contributed by atoms with van der Waals surface area (Å²) in [6, 6.07) is 18.6. The van der Waals surface area contributed by atoms with E-state index in [-0.39, 0.29) is 12.3 Å².